The molecule has 12 nitrogen and oxygen atoms in total. The minimum absolute atomic E-state index is 0.0783. The van der Waals surface area contributed by atoms with Gasteiger partial charge in [-0.15, -0.1) is 0 Å². The molecule has 0 spiro atoms. The van der Waals surface area contributed by atoms with Crippen LogP contribution >= 0.6 is 11.6 Å². The summed E-state index contributed by atoms with van der Waals surface area (Å²) in [7, 11) is 3.81. The Hall–Kier alpha value is -4.72. The van der Waals surface area contributed by atoms with Crippen molar-refractivity contribution in [2.75, 3.05) is 45.6 Å². The Labute approximate surface area is 332 Å². The number of carbonyl (C=O) groups excluding carboxylic acids is 2. The average molecular weight is 782 g/mol. The highest BCUT2D eigenvalue weighted by atomic mass is 35.5. The van der Waals surface area contributed by atoms with Crippen molar-refractivity contribution < 1.29 is 19.8 Å². The Morgan fingerprint density at radius 3 is 2.48 bits per heavy atom. The highest BCUT2D eigenvalue weighted by molar-refractivity contribution is 6.35. The third-order valence-electron chi connectivity index (χ3n) is 10.7. The lowest BCUT2D eigenvalue weighted by Crippen LogP contribution is -2.52. The van der Waals surface area contributed by atoms with Crippen LogP contribution in [0.5, 0.6) is 0 Å². The van der Waals surface area contributed by atoms with Gasteiger partial charge in [0.1, 0.15) is 6.23 Å². The first-order valence-corrected chi connectivity index (χ1v) is 19.8. The molecule has 2 atom stereocenters. The Balaban J connectivity index is 1.05. The molecule has 0 bridgehead atoms. The second kappa shape index (κ2) is 18.5. The first-order valence-electron chi connectivity index (χ1n) is 19.4. The Morgan fingerprint density at radius 1 is 1.00 bits per heavy atom. The number of aromatic nitrogens is 3. The normalized spacial score (nSPS) is 15.6. The van der Waals surface area contributed by atoms with Crippen molar-refractivity contribution in [2.45, 2.75) is 70.2 Å². The fourth-order valence-corrected chi connectivity index (χ4v) is 7.66. The summed E-state index contributed by atoms with van der Waals surface area (Å²) in [5.74, 6) is -0.421. The molecule has 5 aromatic rings. The number of nitrogens with one attached hydrogen (secondary N) is 2. The molecular weight excluding hydrogens is 730 g/mol. The van der Waals surface area contributed by atoms with E-state index in [9.17, 15) is 24.6 Å². The highest BCUT2D eigenvalue weighted by Crippen LogP contribution is 2.29. The second-order valence-electron chi connectivity index (χ2n) is 15.2. The summed E-state index contributed by atoms with van der Waals surface area (Å²) in [4.78, 5) is 51.9. The molecule has 0 saturated carbocycles. The minimum Gasteiger partial charge on any atom is -0.388 e. The van der Waals surface area contributed by atoms with Gasteiger partial charge in [0.2, 0.25) is 5.91 Å². The number of hydrogen-bond donors (Lipinski definition) is 4. The largest absolute Gasteiger partial charge is 0.388 e. The predicted octanol–water partition coefficient (Wildman–Crippen LogP) is 5.27. The average Bonchev–Trinajstić information content (AvgIpc) is 3.19. The van der Waals surface area contributed by atoms with Gasteiger partial charge in [-0.05, 0) is 94.6 Å². The van der Waals surface area contributed by atoms with Gasteiger partial charge in [0.25, 0.3) is 11.5 Å². The third kappa shape index (κ3) is 10.4. The van der Waals surface area contributed by atoms with Crippen molar-refractivity contribution in [3.05, 3.63) is 111 Å². The number of fused-ring (bicyclic) bond motifs is 2. The zero-order valence-electron chi connectivity index (χ0n) is 32.4. The predicted molar refractivity (Wildman–Crippen MR) is 221 cm³/mol. The van der Waals surface area contributed by atoms with Gasteiger partial charge in [0.05, 0.1) is 39.9 Å². The van der Waals surface area contributed by atoms with E-state index in [2.05, 4.69) is 32.7 Å². The molecule has 1 saturated heterocycles. The monoisotopic (exact) mass is 781 g/mol. The van der Waals surface area contributed by atoms with Gasteiger partial charge < -0.3 is 25.7 Å². The maximum Gasteiger partial charge on any atom is 0.261 e. The number of halogens is 1. The molecule has 0 aliphatic carbocycles. The SMILES string of the molecule is CCc1cc(Cl)c2ccc(C(=O)NCCCC(Cc3ccccc3)C(O)N3CCC(O)(Cn4cnc5cc(NC(=O)CCN(C)C)ccc5c4=O)CC3)cc2n1. The second-order valence-corrected chi connectivity index (χ2v) is 15.6. The van der Waals surface area contributed by atoms with Crippen molar-refractivity contribution in [3.63, 3.8) is 0 Å². The minimum atomic E-state index is -1.16. The lowest BCUT2D eigenvalue weighted by Gasteiger charge is -2.42. The number of amides is 2. The number of aryl methyl sites for hydroxylation is 1. The zero-order chi connectivity index (χ0) is 39.8. The number of rotatable bonds is 16. The smallest absolute Gasteiger partial charge is 0.261 e. The van der Waals surface area contributed by atoms with Crippen LogP contribution in [0.1, 0.15) is 60.6 Å². The van der Waals surface area contributed by atoms with E-state index in [0.717, 1.165) is 23.1 Å². The van der Waals surface area contributed by atoms with Crippen LogP contribution in [-0.2, 0) is 24.2 Å². The van der Waals surface area contributed by atoms with Crippen LogP contribution in [0.15, 0.2) is 83.9 Å². The maximum absolute atomic E-state index is 13.5. The zero-order valence-corrected chi connectivity index (χ0v) is 33.1. The topological polar surface area (TPSA) is 153 Å². The number of benzene rings is 3. The van der Waals surface area contributed by atoms with E-state index in [4.69, 9.17) is 11.6 Å². The number of piperidine rings is 1. The molecule has 0 radical (unpaired) electrons. The third-order valence-corrected chi connectivity index (χ3v) is 11.0. The van der Waals surface area contributed by atoms with Crippen LogP contribution in [0, 0.1) is 5.92 Å². The Morgan fingerprint density at radius 2 is 1.75 bits per heavy atom. The van der Waals surface area contributed by atoms with Crippen molar-refractivity contribution in [2.24, 2.45) is 5.92 Å². The summed E-state index contributed by atoms with van der Waals surface area (Å²) in [6.07, 6.45) is 4.51. The number of aliphatic hydroxyl groups excluding tert-OH is 1. The fourth-order valence-electron chi connectivity index (χ4n) is 7.38. The molecule has 2 amide bonds. The van der Waals surface area contributed by atoms with Crippen molar-refractivity contribution in [1.29, 1.82) is 0 Å². The van der Waals surface area contributed by atoms with Crippen molar-refractivity contribution in [3.8, 4) is 0 Å². The van der Waals surface area contributed by atoms with Gasteiger partial charge in [-0.3, -0.25) is 28.8 Å². The lowest BCUT2D eigenvalue weighted by atomic mass is 9.88. The molecule has 296 valence electrons. The molecule has 13 heteroatoms. The van der Waals surface area contributed by atoms with E-state index in [1.165, 1.54) is 10.9 Å². The molecule has 56 heavy (non-hydrogen) atoms. The summed E-state index contributed by atoms with van der Waals surface area (Å²) in [5.41, 5.74) is 2.81. The molecule has 3 heterocycles. The Bertz CT molecular complexity index is 2200. The number of anilines is 1. The first kappa shape index (κ1) is 40.9. The molecule has 1 aliphatic heterocycles. The van der Waals surface area contributed by atoms with E-state index in [1.54, 1.807) is 30.3 Å². The quantitative estimate of drug-likeness (QED) is 0.0983. The standard InChI is InChI=1S/C43H52ClN7O5/c1-4-32-25-36(44)34-14-12-30(24-38(34)47-32)40(53)45-19-8-11-31(23-29-9-6-5-7-10-29)41(54)50-21-17-43(56,18-22-50)27-51-28-46-37-26-33(13-15-35(37)42(51)55)48-39(52)16-20-49(2)3/h5-7,9-10,12-15,24-26,28,31,41,54,56H,4,8,11,16-23,27H2,1-3H3,(H,45,53)(H,48,52). The van der Waals surface area contributed by atoms with E-state index in [1.807, 2.05) is 61.2 Å². The van der Waals surface area contributed by atoms with Crippen LogP contribution in [0.3, 0.4) is 0 Å². The summed E-state index contributed by atoms with van der Waals surface area (Å²) < 4.78 is 1.45. The van der Waals surface area contributed by atoms with Crippen LogP contribution in [-0.4, -0.2) is 98.5 Å². The summed E-state index contributed by atoms with van der Waals surface area (Å²) in [6, 6.07) is 22.3. The molecule has 1 fully saturated rings. The van der Waals surface area contributed by atoms with E-state index < -0.39 is 11.8 Å². The molecule has 3 aromatic carbocycles. The molecule has 2 unspecified atom stereocenters. The van der Waals surface area contributed by atoms with Gasteiger partial charge in [-0.25, -0.2) is 4.98 Å². The van der Waals surface area contributed by atoms with Gasteiger partial charge in [0.15, 0.2) is 0 Å². The van der Waals surface area contributed by atoms with Crippen molar-refractivity contribution in [1.82, 2.24) is 29.7 Å². The summed E-state index contributed by atoms with van der Waals surface area (Å²) >= 11 is 6.44. The van der Waals surface area contributed by atoms with Gasteiger partial charge in [-0.2, -0.15) is 0 Å². The molecule has 6 rings (SSSR count). The number of hydrogen-bond acceptors (Lipinski definition) is 9. The van der Waals surface area contributed by atoms with E-state index in [0.29, 0.717) is 97.4 Å². The summed E-state index contributed by atoms with van der Waals surface area (Å²) in [5, 5.41) is 31.1. The molecular formula is C43H52ClN7O5. The number of pyridine rings is 1. The highest BCUT2D eigenvalue weighted by Gasteiger charge is 2.37. The Kier molecular flexibility index (Phi) is 13.5. The maximum atomic E-state index is 13.5. The van der Waals surface area contributed by atoms with Crippen LogP contribution in [0.2, 0.25) is 5.02 Å². The molecule has 1 aliphatic rings. The van der Waals surface area contributed by atoms with Gasteiger partial charge in [-0.1, -0.05) is 54.9 Å². The molecule has 2 aromatic heterocycles. The molecule has 4 N–H and O–H groups in total. The van der Waals surface area contributed by atoms with Gasteiger partial charge in [0, 0.05) is 60.8 Å². The fraction of sp³-hybridized carbons (Fsp3) is 0.419. The van der Waals surface area contributed by atoms with Crippen LogP contribution in [0.25, 0.3) is 21.8 Å². The number of aliphatic hydroxyl groups is 2. The van der Waals surface area contributed by atoms with Crippen LogP contribution < -0.4 is 16.2 Å². The number of carbonyl (C=O) groups is 2. The summed E-state index contributed by atoms with van der Waals surface area (Å²) in [6.45, 7) is 4.06. The van der Waals surface area contributed by atoms with Crippen molar-refractivity contribution >= 4 is 50.9 Å². The van der Waals surface area contributed by atoms with E-state index >= 15 is 0 Å². The van der Waals surface area contributed by atoms with Gasteiger partial charge >= 0.3 is 0 Å². The number of nitrogens with zero attached hydrogens (tertiary/aromatic N) is 5. The van der Waals surface area contributed by atoms with E-state index in [-0.39, 0.29) is 29.8 Å². The van der Waals surface area contributed by atoms with Crippen LogP contribution in [0.4, 0.5) is 5.69 Å². The first-order chi connectivity index (χ1) is 26.9. The number of likely N-dealkylation sites (tertiary alicyclic amines) is 1. The lowest BCUT2D eigenvalue weighted by molar-refractivity contribution is -0.116.